The molecule has 7 nitrogen and oxygen atoms in total. The minimum absolute atomic E-state index is 0.0416. The number of aliphatic hydroxyl groups excluding tert-OH is 1. The Balaban J connectivity index is 1.67. The highest BCUT2D eigenvalue weighted by Crippen LogP contribution is 2.43. The molecule has 2 heterocycles. The Morgan fingerprint density at radius 2 is 1.80 bits per heavy atom. The first-order valence-electron chi connectivity index (χ1n) is 10.7. The summed E-state index contributed by atoms with van der Waals surface area (Å²) in [6.07, 6.45) is 0. The number of aromatic hydroxyl groups is 1. The van der Waals surface area contributed by atoms with Gasteiger partial charge in [-0.05, 0) is 48.9 Å². The van der Waals surface area contributed by atoms with Crippen LogP contribution in [0.5, 0.6) is 11.5 Å². The SMILES string of the molecule is COc1cc(Cl)cc2cc(C(=O)C3=C(O)C(=O)N(c4ccc(C)cc4)C3c3cccc(O)c3)oc12. The van der Waals surface area contributed by atoms with Crippen LogP contribution >= 0.6 is 11.6 Å². The normalized spacial score (nSPS) is 15.8. The molecule has 0 fully saturated rings. The van der Waals surface area contributed by atoms with Gasteiger partial charge >= 0.3 is 0 Å². The number of rotatable bonds is 5. The standard InChI is InChI=1S/C27H20ClNO6/c1-14-6-8-18(9-7-14)29-23(15-4-3-5-19(30)11-15)22(25(32)27(29)33)24(31)20-12-16-10-17(28)13-21(34-2)26(16)35-20/h3-13,23,30,32H,1-2H3. The Morgan fingerprint density at radius 1 is 1.06 bits per heavy atom. The largest absolute Gasteiger partial charge is 0.508 e. The average molecular weight is 490 g/mol. The van der Waals surface area contributed by atoms with Gasteiger partial charge in [0.05, 0.1) is 18.7 Å². The molecule has 176 valence electrons. The molecular formula is C27H20ClNO6. The van der Waals surface area contributed by atoms with Crippen molar-refractivity contribution in [3.63, 3.8) is 0 Å². The maximum Gasteiger partial charge on any atom is 0.294 e. The third-order valence-corrected chi connectivity index (χ3v) is 6.16. The third-order valence-electron chi connectivity index (χ3n) is 5.94. The maximum absolute atomic E-state index is 13.7. The summed E-state index contributed by atoms with van der Waals surface area (Å²) in [5.41, 5.74) is 2.07. The molecule has 1 atom stereocenters. The van der Waals surface area contributed by atoms with Crippen LogP contribution in [0.3, 0.4) is 0 Å². The molecule has 8 heteroatoms. The number of ketones is 1. The number of hydrogen-bond donors (Lipinski definition) is 2. The second kappa shape index (κ2) is 8.52. The van der Waals surface area contributed by atoms with Crippen LogP contribution < -0.4 is 9.64 Å². The number of methoxy groups -OCH3 is 1. The number of aliphatic hydroxyl groups is 1. The fourth-order valence-electron chi connectivity index (χ4n) is 4.30. The summed E-state index contributed by atoms with van der Waals surface area (Å²) < 4.78 is 11.1. The predicted octanol–water partition coefficient (Wildman–Crippen LogP) is 5.89. The van der Waals surface area contributed by atoms with E-state index in [0.29, 0.717) is 33.0 Å². The quantitative estimate of drug-likeness (QED) is 0.339. The Labute approximate surface area is 205 Å². The Hall–Kier alpha value is -4.23. The molecule has 35 heavy (non-hydrogen) atoms. The molecule has 2 N–H and O–H groups in total. The van der Waals surface area contributed by atoms with Crippen LogP contribution in [0.2, 0.25) is 5.02 Å². The first-order valence-corrected chi connectivity index (χ1v) is 11.1. The Bertz CT molecular complexity index is 1520. The highest BCUT2D eigenvalue weighted by atomic mass is 35.5. The number of halogens is 1. The van der Waals surface area contributed by atoms with Gasteiger partial charge in [-0.2, -0.15) is 0 Å². The van der Waals surface area contributed by atoms with Crippen molar-refractivity contribution in [2.45, 2.75) is 13.0 Å². The second-order valence-electron chi connectivity index (χ2n) is 8.24. The lowest BCUT2D eigenvalue weighted by Gasteiger charge is -2.27. The number of carbonyl (C=O) groups excluding carboxylic acids is 2. The molecule has 5 rings (SSSR count). The van der Waals surface area contributed by atoms with E-state index in [1.165, 1.54) is 30.2 Å². The molecule has 0 saturated heterocycles. The lowest BCUT2D eigenvalue weighted by molar-refractivity contribution is -0.117. The number of anilines is 1. The minimum atomic E-state index is -0.997. The summed E-state index contributed by atoms with van der Waals surface area (Å²) >= 11 is 6.15. The van der Waals surface area contributed by atoms with Gasteiger partial charge in [0, 0.05) is 22.2 Å². The van der Waals surface area contributed by atoms with E-state index in [0.717, 1.165) is 5.56 Å². The number of ether oxygens (including phenoxy) is 1. The topological polar surface area (TPSA) is 100 Å². The van der Waals surface area contributed by atoms with E-state index in [-0.39, 0.29) is 17.1 Å². The predicted molar refractivity (Wildman–Crippen MR) is 131 cm³/mol. The minimum Gasteiger partial charge on any atom is -0.508 e. The second-order valence-corrected chi connectivity index (χ2v) is 8.67. The van der Waals surface area contributed by atoms with E-state index in [9.17, 15) is 19.8 Å². The van der Waals surface area contributed by atoms with Gasteiger partial charge in [0.2, 0.25) is 5.78 Å². The summed E-state index contributed by atoms with van der Waals surface area (Å²) in [4.78, 5) is 28.3. The molecule has 0 saturated carbocycles. The summed E-state index contributed by atoms with van der Waals surface area (Å²) in [5, 5.41) is 22.0. The number of phenols is 1. The average Bonchev–Trinajstić information content (AvgIpc) is 3.38. The van der Waals surface area contributed by atoms with Crippen molar-refractivity contribution in [1.82, 2.24) is 0 Å². The first-order chi connectivity index (χ1) is 16.8. The van der Waals surface area contributed by atoms with E-state index in [1.54, 1.807) is 36.4 Å². The Kier molecular flexibility index (Phi) is 5.49. The van der Waals surface area contributed by atoms with Crippen molar-refractivity contribution in [3.8, 4) is 11.5 Å². The molecule has 0 bridgehead atoms. The molecule has 3 aromatic carbocycles. The summed E-state index contributed by atoms with van der Waals surface area (Å²) in [7, 11) is 1.45. The van der Waals surface area contributed by atoms with Crippen LogP contribution in [-0.2, 0) is 4.79 Å². The van der Waals surface area contributed by atoms with Crippen LogP contribution in [0, 0.1) is 6.92 Å². The number of benzene rings is 3. The Morgan fingerprint density at radius 3 is 2.49 bits per heavy atom. The molecule has 4 aromatic rings. The molecule has 1 aliphatic heterocycles. The number of Topliss-reactive ketones (excluding diaryl/α,β-unsaturated/α-hetero) is 1. The zero-order valence-electron chi connectivity index (χ0n) is 18.8. The summed E-state index contributed by atoms with van der Waals surface area (Å²) in [6.45, 7) is 1.91. The zero-order chi connectivity index (χ0) is 24.9. The summed E-state index contributed by atoms with van der Waals surface area (Å²) in [6, 6.07) is 17.0. The number of furan rings is 1. The highest BCUT2D eigenvalue weighted by molar-refractivity contribution is 6.31. The molecule has 1 aliphatic rings. The fraction of sp³-hybridized carbons (Fsp3) is 0.111. The summed E-state index contributed by atoms with van der Waals surface area (Å²) in [5.74, 6) is -1.88. The van der Waals surface area contributed by atoms with Gasteiger partial charge in [0.15, 0.2) is 22.9 Å². The maximum atomic E-state index is 13.7. The van der Waals surface area contributed by atoms with Gasteiger partial charge in [0.1, 0.15) is 5.75 Å². The van der Waals surface area contributed by atoms with Gasteiger partial charge in [-0.1, -0.05) is 41.4 Å². The smallest absolute Gasteiger partial charge is 0.294 e. The van der Waals surface area contributed by atoms with Crippen molar-refractivity contribution in [3.05, 3.63) is 100.0 Å². The van der Waals surface area contributed by atoms with Crippen LogP contribution in [0.15, 0.2) is 82.5 Å². The van der Waals surface area contributed by atoms with Crippen molar-refractivity contribution >= 4 is 39.9 Å². The van der Waals surface area contributed by atoms with E-state index < -0.39 is 23.5 Å². The van der Waals surface area contributed by atoms with Crippen molar-refractivity contribution in [2.24, 2.45) is 0 Å². The highest BCUT2D eigenvalue weighted by Gasteiger charge is 2.45. The molecule has 1 unspecified atom stereocenters. The molecular weight excluding hydrogens is 470 g/mol. The lowest BCUT2D eigenvalue weighted by atomic mass is 9.94. The van der Waals surface area contributed by atoms with Gasteiger partial charge in [-0.15, -0.1) is 0 Å². The molecule has 0 radical (unpaired) electrons. The number of amides is 1. The first kappa shape index (κ1) is 22.6. The monoisotopic (exact) mass is 489 g/mol. The van der Waals surface area contributed by atoms with Gasteiger partial charge in [-0.25, -0.2) is 0 Å². The van der Waals surface area contributed by atoms with Crippen molar-refractivity contribution in [2.75, 3.05) is 12.0 Å². The number of carbonyl (C=O) groups is 2. The number of fused-ring (bicyclic) bond motifs is 1. The number of hydrogen-bond acceptors (Lipinski definition) is 6. The van der Waals surface area contributed by atoms with E-state index >= 15 is 0 Å². The van der Waals surface area contributed by atoms with Crippen molar-refractivity contribution in [1.29, 1.82) is 0 Å². The third kappa shape index (κ3) is 3.80. The molecule has 1 amide bonds. The van der Waals surface area contributed by atoms with E-state index in [4.69, 9.17) is 20.8 Å². The number of phenolic OH excluding ortho intramolecular Hbond substituents is 1. The fourth-order valence-corrected chi connectivity index (χ4v) is 4.52. The van der Waals surface area contributed by atoms with Gasteiger partial charge in [-0.3, -0.25) is 14.5 Å². The molecule has 0 spiro atoms. The van der Waals surface area contributed by atoms with Crippen LogP contribution in [0.25, 0.3) is 11.0 Å². The zero-order valence-corrected chi connectivity index (χ0v) is 19.5. The van der Waals surface area contributed by atoms with E-state index in [1.807, 2.05) is 19.1 Å². The number of aryl methyl sites for hydroxylation is 1. The lowest BCUT2D eigenvalue weighted by Crippen LogP contribution is -2.31. The number of nitrogens with zero attached hydrogens (tertiary/aromatic N) is 1. The molecule has 1 aromatic heterocycles. The van der Waals surface area contributed by atoms with Crippen LogP contribution in [-0.4, -0.2) is 29.0 Å². The molecule has 0 aliphatic carbocycles. The van der Waals surface area contributed by atoms with Crippen molar-refractivity contribution < 1.29 is 29.0 Å². The van der Waals surface area contributed by atoms with Gasteiger partial charge < -0.3 is 19.4 Å². The van der Waals surface area contributed by atoms with Gasteiger partial charge in [0.25, 0.3) is 5.91 Å². The van der Waals surface area contributed by atoms with E-state index in [2.05, 4.69) is 0 Å². The van der Waals surface area contributed by atoms with Crippen LogP contribution in [0.1, 0.15) is 27.7 Å². The van der Waals surface area contributed by atoms with Crippen LogP contribution in [0.4, 0.5) is 5.69 Å².